The maximum atomic E-state index is 12.4. The van der Waals surface area contributed by atoms with E-state index in [1.165, 1.54) is 17.8 Å². The highest BCUT2D eigenvalue weighted by Gasteiger charge is 2.39. The predicted octanol–water partition coefficient (Wildman–Crippen LogP) is 2.79. The third-order valence-corrected chi connectivity index (χ3v) is 6.54. The van der Waals surface area contributed by atoms with E-state index in [0.717, 1.165) is 21.9 Å². The lowest BCUT2D eigenvalue weighted by atomic mass is 9.95. The first-order valence-corrected chi connectivity index (χ1v) is 9.55. The van der Waals surface area contributed by atoms with Gasteiger partial charge in [-0.2, -0.15) is 5.26 Å². The number of fused-ring (bicyclic) bond motifs is 2. The summed E-state index contributed by atoms with van der Waals surface area (Å²) in [6.45, 7) is 0. The molecular weight excluding hydrogens is 340 g/mol. The number of aromatic nitrogens is 1. The van der Waals surface area contributed by atoms with Crippen LogP contribution >= 0.6 is 23.1 Å². The van der Waals surface area contributed by atoms with Crippen LogP contribution in [0.5, 0.6) is 0 Å². The normalized spacial score (nSPS) is 24.7. The van der Waals surface area contributed by atoms with Gasteiger partial charge in [-0.25, -0.2) is 4.98 Å². The first-order valence-electron chi connectivity index (χ1n) is 7.92. The monoisotopic (exact) mass is 356 g/mol. The molecule has 1 amide bonds. The number of nitrogens with one attached hydrogen (secondary N) is 2. The van der Waals surface area contributed by atoms with Crippen molar-refractivity contribution in [2.75, 3.05) is 0 Å². The molecule has 1 aromatic carbocycles. The largest absolute Gasteiger partial charge is 0.348 e. The number of amides is 1. The lowest BCUT2D eigenvalue weighted by Crippen LogP contribution is -2.42. The molecule has 1 aromatic heterocycles. The fraction of sp³-hybridized carbons (Fsp3) is 0.353. The third-order valence-electron chi connectivity index (χ3n) is 4.53. The number of carbonyl (C=O) groups is 1. The molecule has 2 N–H and O–H groups in total. The molecule has 4 rings (SSSR count). The van der Waals surface area contributed by atoms with E-state index in [-0.39, 0.29) is 11.9 Å². The number of nitriles is 1. The van der Waals surface area contributed by atoms with Gasteiger partial charge in [0, 0.05) is 28.6 Å². The molecule has 2 aromatic rings. The van der Waals surface area contributed by atoms with Crippen LogP contribution in [-0.4, -0.2) is 29.0 Å². The predicted molar refractivity (Wildman–Crippen MR) is 93.2 cm³/mol. The van der Waals surface area contributed by atoms with E-state index < -0.39 is 0 Å². The Hall–Kier alpha value is -1.88. The number of hydrogen-bond donors (Lipinski definition) is 2. The summed E-state index contributed by atoms with van der Waals surface area (Å²) in [5.41, 5.74) is 0.684. The Morgan fingerprint density at radius 2 is 2.21 bits per heavy atom. The quantitative estimate of drug-likeness (QED) is 0.881. The average molecular weight is 356 g/mol. The van der Waals surface area contributed by atoms with Crippen molar-refractivity contribution < 1.29 is 4.79 Å². The molecule has 0 spiro atoms. The van der Waals surface area contributed by atoms with E-state index in [1.54, 1.807) is 18.0 Å². The molecule has 3 atom stereocenters. The number of carbonyl (C=O) groups excluding carboxylic acids is 1. The van der Waals surface area contributed by atoms with Gasteiger partial charge in [-0.3, -0.25) is 4.79 Å². The number of thiazole rings is 1. The van der Waals surface area contributed by atoms with Crippen molar-refractivity contribution in [2.24, 2.45) is 0 Å². The minimum Gasteiger partial charge on any atom is -0.348 e. The van der Waals surface area contributed by atoms with Crippen molar-refractivity contribution in [1.82, 2.24) is 15.6 Å². The van der Waals surface area contributed by atoms with E-state index in [9.17, 15) is 4.79 Å². The molecule has 2 bridgehead atoms. The Morgan fingerprint density at radius 1 is 1.38 bits per heavy atom. The third kappa shape index (κ3) is 3.18. The second-order valence-electron chi connectivity index (χ2n) is 6.09. The zero-order valence-electron chi connectivity index (χ0n) is 12.9. The molecule has 2 fully saturated rings. The highest BCUT2D eigenvalue weighted by Crippen LogP contribution is 2.32. The molecule has 0 aliphatic carbocycles. The van der Waals surface area contributed by atoms with Gasteiger partial charge in [-0.15, -0.1) is 0 Å². The fourth-order valence-electron chi connectivity index (χ4n) is 3.38. The Bertz CT molecular complexity index is 796. The lowest BCUT2D eigenvalue weighted by molar-refractivity contribution is 0.0931. The summed E-state index contributed by atoms with van der Waals surface area (Å²) in [6.07, 6.45) is 5.13. The Morgan fingerprint density at radius 3 is 2.83 bits per heavy atom. The zero-order valence-corrected chi connectivity index (χ0v) is 14.5. The summed E-state index contributed by atoms with van der Waals surface area (Å²) in [7, 11) is 0. The van der Waals surface area contributed by atoms with Crippen LogP contribution < -0.4 is 10.6 Å². The van der Waals surface area contributed by atoms with Crippen molar-refractivity contribution >= 4 is 29.0 Å². The van der Waals surface area contributed by atoms with Gasteiger partial charge in [0.25, 0.3) is 5.91 Å². The summed E-state index contributed by atoms with van der Waals surface area (Å²) in [5, 5.41) is 16.0. The second kappa shape index (κ2) is 6.55. The first kappa shape index (κ1) is 15.6. The van der Waals surface area contributed by atoms with Crippen molar-refractivity contribution in [2.45, 2.75) is 46.5 Å². The molecule has 24 heavy (non-hydrogen) atoms. The van der Waals surface area contributed by atoms with Gasteiger partial charge in [0.1, 0.15) is 6.07 Å². The molecule has 122 valence electrons. The number of rotatable bonds is 4. The molecule has 0 radical (unpaired) electrons. The van der Waals surface area contributed by atoms with Crippen molar-refractivity contribution in [3.8, 4) is 6.07 Å². The molecule has 3 unspecified atom stereocenters. The van der Waals surface area contributed by atoms with E-state index in [0.29, 0.717) is 22.7 Å². The fourth-order valence-corrected chi connectivity index (χ4v) is 5.13. The van der Waals surface area contributed by atoms with Gasteiger partial charge < -0.3 is 10.6 Å². The number of benzene rings is 1. The number of nitrogens with zero attached hydrogens (tertiary/aromatic N) is 2. The molecule has 2 aliphatic heterocycles. The van der Waals surface area contributed by atoms with Gasteiger partial charge in [-0.05, 0) is 43.5 Å². The molecule has 2 saturated heterocycles. The summed E-state index contributed by atoms with van der Waals surface area (Å²) in [4.78, 5) is 17.4. The summed E-state index contributed by atoms with van der Waals surface area (Å²) >= 11 is 2.92. The molecule has 7 heteroatoms. The smallest absolute Gasteiger partial charge is 0.251 e. The van der Waals surface area contributed by atoms with Crippen molar-refractivity contribution in [3.05, 3.63) is 41.0 Å². The van der Waals surface area contributed by atoms with Crippen LogP contribution in [0.4, 0.5) is 0 Å². The Kier molecular flexibility index (Phi) is 4.27. The van der Waals surface area contributed by atoms with Crippen LogP contribution in [0.1, 0.15) is 34.6 Å². The standard InChI is InChI=1S/C17H16N4OS2/c18-8-15-19-9-16(24-15)23-12-4-1-10(2-5-12)17(22)21-14-7-11-3-6-13(14)20-11/h1-2,4-5,9,11,13-14,20H,3,6-7H2,(H,21,22). The lowest BCUT2D eigenvalue weighted by Gasteiger charge is -2.21. The van der Waals surface area contributed by atoms with Gasteiger partial charge in [0.15, 0.2) is 5.01 Å². The molecule has 0 saturated carbocycles. The van der Waals surface area contributed by atoms with E-state index in [2.05, 4.69) is 15.6 Å². The van der Waals surface area contributed by atoms with Crippen LogP contribution in [-0.2, 0) is 0 Å². The second-order valence-corrected chi connectivity index (χ2v) is 8.49. The van der Waals surface area contributed by atoms with Crippen LogP contribution in [0.25, 0.3) is 0 Å². The van der Waals surface area contributed by atoms with Gasteiger partial charge in [-0.1, -0.05) is 23.1 Å². The maximum Gasteiger partial charge on any atom is 0.251 e. The van der Waals surface area contributed by atoms with Gasteiger partial charge in [0.05, 0.1) is 10.4 Å². The van der Waals surface area contributed by atoms with Crippen LogP contribution in [0, 0.1) is 11.3 Å². The summed E-state index contributed by atoms with van der Waals surface area (Å²) in [6, 6.07) is 10.9. The molecule has 2 aliphatic rings. The Labute approximate surface area is 148 Å². The van der Waals surface area contributed by atoms with E-state index >= 15 is 0 Å². The minimum absolute atomic E-state index is 0.00421. The number of hydrogen-bond acceptors (Lipinski definition) is 6. The van der Waals surface area contributed by atoms with Crippen LogP contribution in [0.15, 0.2) is 39.6 Å². The maximum absolute atomic E-state index is 12.4. The van der Waals surface area contributed by atoms with Crippen LogP contribution in [0.3, 0.4) is 0 Å². The topological polar surface area (TPSA) is 77.8 Å². The van der Waals surface area contributed by atoms with Gasteiger partial charge >= 0.3 is 0 Å². The van der Waals surface area contributed by atoms with Crippen molar-refractivity contribution in [1.29, 1.82) is 5.26 Å². The van der Waals surface area contributed by atoms with Crippen LogP contribution in [0.2, 0.25) is 0 Å². The summed E-state index contributed by atoms with van der Waals surface area (Å²) < 4.78 is 0.969. The highest BCUT2D eigenvalue weighted by atomic mass is 32.2. The van der Waals surface area contributed by atoms with Gasteiger partial charge in [0.2, 0.25) is 0 Å². The molecular formula is C17H16N4OS2. The molecule has 3 heterocycles. The van der Waals surface area contributed by atoms with E-state index in [1.807, 2.05) is 30.3 Å². The minimum atomic E-state index is -0.00421. The zero-order chi connectivity index (χ0) is 16.5. The Balaban J connectivity index is 1.38. The summed E-state index contributed by atoms with van der Waals surface area (Å²) in [5.74, 6) is -0.00421. The van der Waals surface area contributed by atoms with Crippen molar-refractivity contribution in [3.63, 3.8) is 0 Å². The first-order chi connectivity index (χ1) is 11.7. The van der Waals surface area contributed by atoms with E-state index in [4.69, 9.17) is 5.26 Å². The SMILES string of the molecule is N#Cc1ncc(Sc2ccc(C(=O)NC3CC4CCC3N4)cc2)s1. The highest BCUT2D eigenvalue weighted by molar-refractivity contribution is 8.01. The average Bonchev–Trinajstić information content (AvgIpc) is 3.32. The molecule has 5 nitrogen and oxygen atoms in total.